The van der Waals surface area contributed by atoms with Gasteiger partial charge in [-0.05, 0) is 0 Å². The molecule has 92 valence electrons. The molecule has 0 aromatic heterocycles. The standard InChI is InChI=1S/C9H14FNO5/c10-4-1-5(2-4)16-7(9(14)15)3-6(11)8(12)13/h4-7H,1-3,11H2,(H,12,13)(H,14,15)/t4?,5?,6-,7-/m0/s1. The first kappa shape index (κ1) is 12.9. The molecule has 4 N–H and O–H groups in total. The van der Waals surface area contributed by atoms with E-state index in [4.69, 9.17) is 20.7 Å². The monoisotopic (exact) mass is 235 g/mol. The summed E-state index contributed by atoms with van der Waals surface area (Å²) in [7, 11) is 0. The number of nitrogens with two attached hydrogens (primary N) is 1. The number of aliphatic carboxylic acids is 2. The third kappa shape index (κ3) is 3.42. The van der Waals surface area contributed by atoms with Crippen molar-refractivity contribution in [3.63, 3.8) is 0 Å². The molecule has 16 heavy (non-hydrogen) atoms. The minimum Gasteiger partial charge on any atom is -0.480 e. The summed E-state index contributed by atoms with van der Waals surface area (Å²) in [5.74, 6) is -2.56. The molecule has 1 fully saturated rings. The summed E-state index contributed by atoms with van der Waals surface area (Å²) in [6.07, 6.45) is -2.69. The van der Waals surface area contributed by atoms with Crippen molar-refractivity contribution >= 4 is 11.9 Å². The Hall–Kier alpha value is -1.21. The van der Waals surface area contributed by atoms with E-state index in [9.17, 15) is 14.0 Å². The summed E-state index contributed by atoms with van der Waals surface area (Å²) < 4.78 is 17.5. The minimum atomic E-state index is -1.29. The summed E-state index contributed by atoms with van der Waals surface area (Å²) in [5.41, 5.74) is 5.20. The van der Waals surface area contributed by atoms with Crippen LogP contribution in [0.1, 0.15) is 19.3 Å². The van der Waals surface area contributed by atoms with Crippen LogP contribution in [0.25, 0.3) is 0 Å². The second kappa shape index (κ2) is 5.22. The smallest absolute Gasteiger partial charge is 0.332 e. The molecule has 0 heterocycles. The zero-order chi connectivity index (χ0) is 12.3. The Morgan fingerprint density at radius 3 is 2.31 bits per heavy atom. The van der Waals surface area contributed by atoms with Crippen LogP contribution >= 0.6 is 0 Å². The van der Waals surface area contributed by atoms with E-state index in [2.05, 4.69) is 0 Å². The van der Waals surface area contributed by atoms with E-state index in [1.54, 1.807) is 0 Å². The fraction of sp³-hybridized carbons (Fsp3) is 0.778. The maximum atomic E-state index is 12.5. The fourth-order valence-corrected chi connectivity index (χ4v) is 1.39. The molecule has 1 aliphatic carbocycles. The molecule has 2 atom stereocenters. The lowest BCUT2D eigenvalue weighted by molar-refractivity contribution is -0.163. The van der Waals surface area contributed by atoms with E-state index < -0.39 is 36.4 Å². The number of alkyl halides is 1. The Balaban J connectivity index is 2.42. The quantitative estimate of drug-likeness (QED) is 0.586. The molecule has 0 spiro atoms. The summed E-state index contributed by atoms with van der Waals surface area (Å²) in [6, 6.07) is -1.29. The zero-order valence-corrected chi connectivity index (χ0v) is 8.51. The van der Waals surface area contributed by atoms with E-state index in [1.807, 2.05) is 0 Å². The summed E-state index contributed by atoms with van der Waals surface area (Å²) >= 11 is 0. The Labute approximate surface area is 91.2 Å². The lowest BCUT2D eigenvalue weighted by Crippen LogP contribution is -2.43. The van der Waals surface area contributed by atoms with Crippen molar-refractivity contribution in [3.8, 4) is 0 Å². The molecular formula is C9H14FNO5. The molecule has 0 bridgehead atoms. The van der Waals surface area contributed by atoms with Crippen molar-refractivity contribution in [3.05, 3.63) is 0 Å². The van der Waals surface area contributed by atoms with Gasteiger partial charge in [0.1, 0.15) is 12.2 Å². The highest BCUT2D eigenvalue weighted by atomic mass is 19.1. The Morgan fingerprint density at radius 1 is 1.38 bits per heavy atom. The lowest BCUT2D eigenvalue weighted by Gasteiger charge is -2.32. The average molecular weight is 235 g/mol. The molecular weight excluding hydrogens is 221 g/mol. The Bertz CT molecular complexity index is 279. The topological polar surface area (TPSA) is 110 Å². The van der Waals surface area contributed by atoms with Crippen LogP contribution in [-0.4, -0.2) is 46.6 Å². The first-order valence-corrected chi connectivity index (χ1v) is 4.91. The first-order chi connectivity index (χ1) is 7.40. The molecule has 1 rings (SSSR count). The van der Waals surface area contributed by atoms with Crippen molar-refractivity contribution < 1.29 is 28.9 Å². The van der Waals surface area contributed by atoms with Gasteiger partial charge in [-0.3, -0.25) is 4.79 Å². The second-order valence-electron chi connectivity index (χ2n) is 3.83. The molecule has 6 nitrogen and oxygen atoms in total. The van der Waals surface area contributed by atoms with Gasteiger partial charge in [0.25, 0.3) is 0 Å². The fourth-order valence-electron chi connectivity index (χ4n) is 1.39. The van der Waals surface area contributed by atoms with Crippen LogP contribution in [0.15, 0.2) is 0 Å². The molecule has 0 saturated heterocycles. The molecule has 7 heteroatoms. The highest BCUT2D eigenvalue weighted by molar-refractivity contribution is 5.76. The van der Waals surface area contributed by atoms with Crippen LogP contribution < -0.4 is 5.73 Å². The molecule has 1 aliphatic rings. The second-order valence-corrected chi connectivity index (χ2v) is 3.83. The van der Waals surface area contributed by atoms with Gasteiger partial charge in [0, 0.05) is 19.3 Å². The van der Waals surface area contributed by atoms with Gasteiger partial charge in [-0.2, -0.15) is 0 Å². The van der Waals surface area contributed by atoms with E-state index in [1.165, 1.54) is 0 Å². The number of hydrogen-bond acceptors (Lipinski definition) is 4. The first-order valence-electron chi connectivity index (χ1n) is 4.91. The van der Waals surface area contributed by atoms with Crippen LogP contribution in [0.2, 0.25) is 0 Å². The van der Waals surface area contributed by atoms with Crippen LogP contribution in [0.5, 0.6) is 0 Å². The number of carbonyl (C=O) groups is 2. The highest BCUT2D eigenvalue weighted by Crippen LogP contribution is 2.27. The van der Waals surface area contributed by atoms with E-state index in [0.29, 0.717) is 0 Å². The lowest BCUT2D eigenvalue weighted by atomic mass is 9.93. The van der Waals surface area contributed by atoms with Gasteiger partial charge in [-0.1, -0.05) is 0 Å². The third-order valence-electron chi connectivity index (χ3n) is 2.45. The van der Waals surface area contributed by atoms with Gasteiger partial charge in [-0.15, -0.1) is 0 Å². The summed E-state index contributed by atoms with van der Waals surface area (Å²) in [6.45, 7) is 0. The van der Waals surface area contributed by atoms with Crippen molar-refractivity contribution in [2.75, 3.05) is 0 Å². The van der Waals surface area contributed by atoms with Crippen molar-refractivity contribution in [2.45, 2.75) is 43.7 Å². The van der Waals surface area contributed by atoms with Gasteiger partial charge in [-0.25, -0.2) is 9.18 Å². The van der Waals surface area contributed by atoms with Crippen molar-refractivity contribution in [1.82, 2.24) is 0 Å². The van der Waals surface area contributed by atoms with Gasteiger partial charge in [0.2, 0.25) is 0 Å². The number of hydrogen-bond donors (Lipinski definition) is 3. The van der Waals surface area contributed by atoms with Crippen molar-refractivity contribution in [2.24, 2.45) is 5.73 Å². The van der Waals surface area contributed by atoms with Crippen LogP contribution in [0.3, 0.4) is 0 Å². The molecule has 1 saturated carbocycles. The SMILES string of the molecule is N[C@@H](C[C@H](OC1CC(F)C1)C(=O)O)C(=O)O. The predicted octanol–water partition coefficient (Wildman–Crippen LogP) is -0.241. The maximum absolute atomic E-state index is 12.5. The van der Waals surface area contributed by atoms with E-state index in [0.717, 1.165) is 0 Å². The highest BCUT2D eigenvalue weighted by Gasteiger charge is 2.35. The summed E-state index contributed by atoms with van der Waals surface area (Å²) in [4.78, 5) is 21.2. The third-order valence-corrected chi connectivity index (χ3v) is 2.45. The molecule has 0 radical (unpaired) electrons. The van der Waals surface area contributed by atoms with E-state index in [-0.39, 0.29) is 19.3 Å². The maximum Gasteiger partial charge on any atom is 0.332 e. The number of ether oxygens (including phenoxy) is 1. The van der Waals surface area contributed by atoms with Gasteiger partial charge < -0.3 is 20.7 Å². The normalized spacial score (nSPS) is 27.9. The molecule has 0 aliphatic heterocycles. The Kier molecular flexibility index (Phi) is 4.19. The molecule has 0 unspecified atom stereocenters. The van der Waals surface area contributed by atoms with E-state index >= 15 is 0 Å². The predicted molar refractivity (Wildman–Crippen MR) is 50.7 cm³/mol. The van der Waals surface area contributed by atoms with Gasteiger partial charge >= 0.3 is 11.9 Å². The molecule has 0 amide bonds. The van der Waals surface area contributed by atoms with Crippen LogP contribution in [-0.2, 0) is 14.3 Å². The van der Waals surface area contributed by atoms with Gasteiger partial charge in [0.05, 0.1) is 6.10 Å². The van der Waals surface area contributed by atoms with Crippen molar-refractivity contribution in [1.29, 1.82) is 0 Å². The average Bonchev–Trinajstić information content (AvgIpc) is 2.13. The zero-order valence-electron chi connectivity index (χ0n) is 8.51. The largest absolute Gasteiger partial charge is 0.480 e. The molecule has 0 aromatic rings. The minimum absolute atomic E-state index is 0.159. The summed E-state index contributed by atoms with van der Waals surface area (Å²) in [5, 5.41) is 17.3. The van der Waals surface area contributed by atoms with Crippen LogP contribution in [0.4, 0.5) is 4.39 Å². The molecule has 0 aromatic carbocycles. The number of halogens is 1. The number of rotatable bonds is 6. The van der Waals surface area contributed by atoms with Gasteiger partial charge in [0.15, 0.2) is 6.10 Å². The van der Waals surface area contributed by atoms with Crippen LogP contribution in [0, 0.1) is 0 Å². The number of carboxylic acids is 2. The Morgan fingerprint density at radius 2 is 1.94 bits per heavy atom. The number of carboxylic acid groups (broad SMARTS) is 2.